The fourth-order valence-electron chi connectivity index (χ4n) is 1.38. The first-order valence-corrected chi connectivity index (χ1v) is 5.42. The molecule has 0 spiro atoms. The van der Waals surface area contributed by atoms with Gasteiger partial charge >= 0.3 is 0 Å². The number of carbonyl (C=O) groups is 1. The molecular weight excluding hydrogens is 254 g/mol. The summed E-state index contributed by atoms with van der Waals surface area (Å²) in [5, 5.41) is 15.5. The molecule has 0 aliphatic rings. The van der Waals surface area contributed by atoms with E-state index in [0.29, 0.717) is 22.0 Å². The van der Waals surface area contributed by atoms with Gasteiger partial charge in [0.05, 0.1) is 11.3 Å². The van der Waals surface area contributed by atoms with E-state index in [-0.39, 0.29) is 5.69 Å². The number of benzene rings is 1. The molecular formula is C12H8ClN3O2. The fourth-order valence-corrected chi connectivity index (χ4v) is 1.55. The van der Waals surface area contributed by atoms with Crippen LogP contribution in [0.15, 0.2) is 28.8 Å². The van der Waals surface area contributed by atoms with Crippen LogP contribution in [0.25, 0.3) is 0 Å². The number of nitriles is 1. The predicted octanol–water partition coefficient (Wildman–Crippen LogP) is 2.76. The molecule has 2 aromatic rings. The highest BCUT2D eigenvalue weighted by atomic mass is 35.5. The Morgan fingerprint density at radius 3 is 2.89 bits per heavy atom. The third kappa shape index (κ3) is 2.50. The number of hydrogen-bond donors (Lipinski definition) is 1. The van der Waals surface area contributed by atoms with Gasteiger partial charge in [-0.2, -0.15) is 5.26 Å². The highest BCUT2D eigenvalue weighted by molar-refractivity contribution is 6.31. The average molecular weight is 262 g/mol. The third-order valence-corrected chi connectivity index (χ3v) is 2.45. The highest BCUT2D eigenvalue weighted by Crippen LogP contribution is 2.21. The molecule has 0 unspecified atom stereocenters. The van der Waals surface area contributed by atoms with E-state index in [0.717, 1.165) is 0 Å². The fraction of sp³-hybridized carbons (Fsp3) is 0.0833. The molecule has 0 fully saturated rings. The van der Waals surface area contributed by atoms with Crippen LogP contribution in [0.5, 0.6) is 0 Å². The average Bonchev–Trinajstić information content (AvgIpc) is 2.76. The van der Waals surface area contributed by atoms with Crippen molar-refractivity contribution in [2.45, 2.75) is 6.92 Å². The lowest BCUT2D eigenvalue weighted by molar-refractivity contribution is 0.101. The van der Waals surface area contributed by atoms with Crippen molar-refractivity contribution in [1.29, 1.82) is 5.26 Å². The van der Waals surface area contributed by atoms with Gasteiger partial charge < -0.3 is 9.84 Å². The summed E-state index contributed by atoms with van der Waals surface area (Å²) in [4.78, 5) is 11.8. The minimum atomic E-state index is -0.453. The number of hydrogen-bond acceptors (Lipinski definition) is 4. The maximum atomic E-state index is 11.8. The van der Waals surface area contributed by atoms with Gasteiger partial charge in [-0.05, 0) is 25.1 Å². The summed E-state index contributed by atoms with van der Waals surface area (Å²) in [6.45, 7) is 1.68. The number of rotatable bonds is 2. The van der Waals surface area contributed by atoms with E-state index in [1.807, 2.05) is 6.07 Å². The van der Waals surface area contributed by atoms with Gasteiger partial charge in [-0.3, -0.25) is 4.79 Å². The molecule has 0 radical (unpaired) electrons. The molecule has 1 N–H and O–H groups in total. The van der Waals surface area contributed by atoms with Gasteiger partial charge in [0.2, 0.25) is 0 Å². The zero-order valence-corrected chi connectivity index (χ0v) is 10.2. The molecule has 5 nitrogen and oxygen atoms in total. The molecule has 18 heavy (non-hydrogen) atoms. The molecule has 1 heterocycles. The Bertz CT molecular complexity index is 643. The molecule has 1 amide bonds. The Morgan fingerprint density at radius 2 is 2.28 bits per heavy atom. The van der Waals surface area contributed by atoms with Gasteiger partial charge in [0.1, 0.15) is 11.8 Å². The second-order valence-corrected chi connectivity index (χ2v) is 4.02. The van der Waals surface area contributed by atoms with E-state index in [1.54, 1.807) is 13.0 Å². The molecule has 6 heteroatoms. The van der Waals surface area contributed by atoms with Crippen LogP contribution in [0.3, 0.4) is 0 Å². The lowest BCUT2D eigenvalue weighted by Crippen LogP contribution is -2.13. The van der Waals surface area contributed by atoms with Crippen molar-refractivity contribution in [2.24, 2.45) is 0 Å². The summed E-state index contributed by atoms with van der Waals surface area (Å²) in [5.41, 5.74) is 0.819. The van der Waals surface area contributed by atoms with E-state index in [9.17, 15) is 4.79 Å². The minimum absolute atomic E-state index is 0.149. The van der Waals surface area contributed by atoms with Gasteiger partial charge in [-0.15, -0.1) is 0 Å². The van der Waals surface area contributed by atoms with Gasteiger partial charge in [0.25, 0.3) is 5.91 Å². The third-order valence-electron chi connectivity index (χ3n) is 2.21. The SMILES string of the molecule is Cc1cc(C(=O)Nc2cc(Cl)ccc2C#N)no1. The summed E-state index contributed by atoms with van der Waals surface area (Å²) in [6, 6.07) is 8.09. The van der Waals surface area contributed by atoms with E-state index in [4.69, 9.17) is 21.4 Å². The zero-order chi connectivity index (χ0) is 13.1. The van der Waals surface area contributed by atoms with Crippen LogP contribution in [0.4, 0.5) is 5.69 Å². The summed E-state index contributed by atoms with van der Waals surface area (Å²) < 4.78 is 4.80. The van der Waals surface area contributed by atoms with E-state index >= 15 is 0 Å². The number of aromatic nitrogens is 1. The second-order valence-electron chi connectivity index (χ2n) is 3.58. The number of nitrogens with one attached hydrogen (secondary N) is 1. The number of halogens is 1. The molecule has 0 saturated heterocycles. The van der Waals surface area contributed by atoms with Gasteiger partial charge in [0.15, 0.2) is 5.69 Å². The molecule has 0 aliphatic heterocycles. The Kier molecular flexibility index (Phi) is 3.31. The van der Waals surface area contributed by atoms with E-state index in [2.05, 4.69) is 10.5 Å². The monoisotopic (exact) mass is 261 g/mol. The Labute approximate surface area is 108 Å². The van der Waals surface area contributed by atoms with E-state index in [1.165, 1.54) is 18.2 Å². The molecule has 1 aromatic carbocycles. The lowest BCUT2D eigenvalue weighted by atomic mass is 10.2. The quantitative estimate of drug-likeness (QED) is 0.901. The van der Waals surface area contributed by atoms with Crippen LogP contribution in [0.1, 0.15) is 21.8 Å². The molecule has 90 valence electrons. The van der Waals surface area contributed by atoms with Crippen LogP contribution < -0.4 is 5.32 Å². The molecule has 0 bridgehead atoms. The zero-order valence-electron chi connectivity index (χ0n) is 9.40. The van der Waals surface area contributed by atoms with Crippen molar-refractivity contribution in [3.8, 4) is 6.07 Å². The van der Waals surface area contributed by atoms with Crippen molar-refractivity contribution in [2.75, 3.05) is 5.32 Å². The van der Waals surface area contributed by atoms with E-state index < -0.39 is 5.91 Å². The van der Waals surface area contributed by atoms with Crippen molar-refractivity contribution < 1.29 is 9.32 Å². The van der Waals surface area contributed by atoms with Crippen LogP contribution in [-0.2, 0) is 0 Å². The number of aryl methyl sites for hydroxylation is 1. The Morgan fingerprint density at radius 1 is 1.50 bits per heavy atom. The maximum absolute atomic E-state index is 11.8. The summed E-state index contributed by atoms with van der Waals surface area (Å²) in [6.07, 6.45) is 0. The molecule has 1 aromatic heterocycles. The minimum Gasteiger partial charge on any atom is -0.361 e. The van der Waals surface area contributed by atoms with Crippen LogP contribution >= 0.6 is 11.6 Å². The van der Waals surface area contributed by atoms with Gasteiger partial charge in [0, 0.05) is 11.1 Å². The summed E-state index contributed by atoms with van der Waals surface area (Å²) >= 11 is 5.81. The first-order valence-electron chi connectivity index (χ1n) is 5.04. The lowest BCUT2D eigenvalue weighted by Gasteiger charge is -2.05. The molecule has 0 aliphatic carbocycles. The maximum Gasteiger partial charge on any atom is 0.277 e. The van der Waals surface area contributed by atoms with Crippen molar-refractivity contribution in [3.63, 3.8) is 0 Å². The number of carbonyl (C=O) groups excluding carboxylic acids is 1. The van der Waals surface area contributed by atoms with Crippen molar-refractivity contribution in [1.82, 2.24) is 5.16 Å². The van der Waals surface area contributed by atoms with Crippen LogP contribution in [-0.4, -0.2) is 11.1 Å². The molecule has 0 atom stereocenters. The first kappa shape index (κ1) is 12.1. The normalized spacial score (nSPS) is 9.83. The summed E-state index contributed by atoms with van der Waals surface area (Å²) in [5.74, 6) is 0.0809. The molecule has 2 rings (SSSR count). The first-order chi connectivity index (χ1) is 8.60. The van der Waals surface area contributed by atoms with Crippen molar-refractivity contribution >= 4 is 23.2 Å². The Balaban J connectivity index is 2.27. The van der Waals surface area contributed by atoms with Gasteiger partial charge in [-0.1, -0.05) is 16.8 Å². The second kappa shape index (κ2) is 4.90. The van der Waals surface area contributed by atoms with Crippen LogP contribution in [0.2, 0.25) is 5.02 Å². The smallest absolute Gasteiger partial charge is 0.277 e. The standard InChI is InChI=1S/C12H8ClN3O2/c1-7-4-11(16-18-7)12(17)15-10-5-9(13)3-2-8(10)6-14/h2-5H,1H3,(H,15,17). The number of nitrogens with zero attached hydrogens (tertiary/aromatic N) is 2. The highest BCUT2D eigenvalue weighted by Gasteiger charge is 2.13. The Hall–Kier alpha value is -2.32. The van der Waals surface area contributed by atoms with Crippen molar-refractivity contribution in [3.05, 3.63) is 46.3 Å². The van der Waals surface area contributed by atoms with Crippen LogP contribution in [0, 0.1) is 18.3 Å². The summed E-state index contributed by atoms with van der Waals surface area (Å²) in [7, 11) is 0. The molecule has 0 saturated carbocycles. The number of anilines is 1. The largest absolute Gasteiger partial charge is 0.361 e. The van der Waals surface area contributed by atoms with Gasteiger partial charge in [-0.25, -0.2) is 0 Å². The number of amides is 1. The predicted molar refractivity (Wildman–Crippen MR) is 65.4 cm³/mol. The topological polar surface area (TPSA) is 78.9 Å².